The van der Waals surface area contributed by atoms with Gasteiger partial charge in [0.2, 0.25) is 6.29 Å². The molecule has 25 heavy (non-hydrogen) atoms. The molecule has 6 heteroatoms. The maximum atomic E-state index is 11.5. The van der Waals surface area contributed by atoms with Crippen molar-refractivity contribution in [2.45, 2.75) is 89.9 Å². The number of aliphatic hydroxyl groups is 1. The van der Waals surface area contributed by atoms with Crippen LogP contribution < -0.4 is 5.73 Å². The SMILES string of the molecule is CCCCCCCCCCCCC(C1=CC(=O)OC1O)N(C)C(N)=O. The number of urea groups is 1. The normalized spacial score (nSPS) is 18.0. The molecule has 2 atom stereocenters. The Hall–Kier alpha value is -1.56. The van der Waals surface area contributed by atoms with E-state index in [2.05, 4.69) is 6.92 Å². The van der Waals surface area contributed by atoms with Crippen LogP contribution in [0.15, 0.2) is 11.6 Å². The molecule has 6 nitrogen and oxygen atoms in total. The fourth-order valence-electron chi connectivity index (χ4n) is 3.24. The van der Waals surface area contributed by atoms with Gasteiger partial charge in [-0.3, -0.25) is 0 Å². The maximum absolute atomic E-state index is 11.5. The highest BCUT2D eigenvalue weighted by Crippen LogP contribution is 2.25. The average Bonchev–Trinajstić information content (AvgIpc) is 2.90. The molecule has 0 radical (unpaired) electrons. The van der Waals surface area contributed by atoms with E-state index in [1.165, 1.54) is 55.9 Å². The number of ether oxygens (including phenoxy) is 1. The van der Waals surface area contributed by atoms with E-state index in [9.17, 15) is 14.7 Å². The molecule has 0 aromatic heterocycles. The molecule has 0 spiro atoms. The van der Waals surface area contributed by atoms with Gasteiger partial charge in [-0.15, -0.1) is 0 Å². The number of carbonyl (C=O) groups excluding carboxylic acids is 2. The number of primary amides is 1. The van der Waals surface area contributed by atoms with Crippen LogP contribution in [-0.4, -0.2) is 41.4 Å². The number of likely N-dealkylation sites (N-methyl/N-ethyl adjacent to an activating group) is 1. The van der Waals surface area contributed by atoms with E-state index < -0.39 is 24.3 Å². The Morgan fingerprint density at radius 1 is 1.16 bits per heavy atom. The second-order valence-corrected chi connectivity index (χ2v) is 6.87. The number of unbranched alkanes of at least 4 members (excludes halogenated alkanes) is 9. The number of nitrogens with zero attached hydrogens (tertiary/aromatic N) is 1. The van der Waals surface area contributed by atoms with Crippen molar-refractivity contribution in [1.29, 1.82) is 0 Å². The van der Waals surface area contributed by atoms with E-state index in [4.69, 9.17) is 10.5 Å². The first kappa shape index (κ1) is 21.5. The third-order valence-corrected chi connectivity index (χ3v) is 4.83. The van der Waals surface area contributed by atoms with Gasteiger partial charge < -0.3 is 20.5 Å². The summed E-state index contributed by atoms with van der Waals surface area (Å²) in [6.45, 7) is 2.23. The van der Waals surface area contributed by atoms with E-state index in [1.54, 1.807) is 7.05 Å². The van der Waals surface area contributed by atoms with E-state index >= 15 is 0 Å². The standard InChI is InChI=1S/C19H34N2O4/c1-3-4-5-6-7-8-9-10-11-12-13-16(21(2)19(20)24)15-14-17(22)25-18(15)23/h14,16,18,23H,3-13H2,1-2H3,(H2,20,24). The molecule has 3 N–H and O–H groups in total. The van der Waals surface area contributed by atoms with Crippen molar-refractivity contribution >= 4 is 12.0 Å². The number of nitrogens with two attached hydrogens (primary N) is 1. The van der Waals surface area contributed by atoms with Gasteiger partial charge in [-0.25, -0.2) is 9.59 Å². The first-order valence-corrected chi connectivity index (χ1v) is 9.59. The average molecular weight is 354 g/mol. The third-order valence-electron chi connectivity index (χ3n) is 4.83. The fraction of sp³-hybridized carbons (Fsp3) is 0.789. The summed E-state index contributed by atoms with van der Waals surface area (Å²) < 4.78 is 4.73. The Balaban J connectivity index is 2.29. The zero-order chi connectivity index (χ0) is 18.7. The molecule has 0 aromatic rings. The van der Waals surface area contributed by atoms with Gasteiger partial charge in [0, 0.05) is 18.7 Å². The van der Waals surface area contributed by atoms with Gasteiger partial charge in [-0.2, -0.15) is 0 Å². The van der Waals surface area contributed by atoms with E-state index in [-0.39, 0.29) is 0 Å². The van der Waals surface area contributed by atoms with Crippen molar-refractivity contribution in [3.05, 3.63) is 11.6 Å². The quantitative estimate of drug-likeness (QED) is 0.391. The van der Waals surface area contributed by atoms with Crippen LogP contribution >= 0.6 is 0 Å². The summed E-state index contributed by atoms with van der Waals surface area (Å²) in [5.41, 5.74) is 5.78. The Kier molecular flexibility index (Phi) is 10.2. The summed E-state index contributed by atoms with van der Waals surface area (Å²) in [5, 5.41) is 9.83. The summed E-state index contributed by atoms with van der Waals surface area (Å²) in [6, 6.07) is -0.975. The molecule has 1 rings (SSSR count). The topological polar surface area (TPSA) is 92.9 Å². The lowest BCUT2D eigenvalue weighted by Gasteiger charge is -2.28. The summed E-state index contributed by atoms with van der Waals surface area (Å²) >= 11 is 0. The number of carbonyl (C=O) groups is 2. The van der Waals surface area contributed by atoms with Crippen LogP contribution in [0.25, 0.3) is 0 Å². The number of rotatable bonds is 13. The van der Waals surface area contributed by atoms with Gasteiger partial charge in [0.25, 0.3) is 0 Å². The second kappa shape index (κ2) is 11.9. The molecule has 1 aliphatic heterocycles. The molecule has 0 aromatic carbocycles. The lowest BCUT2D eigenvalue weighted by molar-refractivity contribution is -0.151. The number of hydrogen-bond acceptors (Lipinski definition) is 4. The fourth-order valence-corrected chi connectivity index (χ4v) is 3.24. The highest BCUT2D eigenvalue weighted by Gasteiger charge is 2.33. The molecule has 1 heterocycles. The largest absolute Gasteiger partial charge is 0.429 e. The van der Waals surface area contributed by atoms with Crippen LogP contribution in [0.3, 0.4) is 0 Å². The zero-order valence-corrected chi connectivity index (χ0v) is 15.7. The molecule has 1 aliphatic rings. The van der Waals surface area contributed by atoms with Crippen molar-refractivity contribution in [2.75, 3.05) is 7.05 Å². The molecule has 2 amide bonds. The summed E-state index contributed by atoms with van der Waals surface area (Å²) in [7, 11) is 1.58. The minimum atomic E-state index is -1.28. The molecule has 2 unspecified atom stereocenters. The van der Waals surface area contributed by atoms with Gasteiger partial charge in [0.15, 0.2) is 0 Å². The van der Waals surface area contributed by atoms with Crippen LogP contribution in [0.2, 0.25) is 0 Å². The Bertz CT molecular complexity index is 451. The minimum Gasteiger partial charge on any atom is -0.429 e. The van der Waals surface area contributed by atoms with Gasteiger partial charge in [0.05, 0.1) is 6.04 Å². The lowest BCUT2D eigenvalue weighted by atomic mass is 9.98. The third kappa shape index (κ3) is 7.90. The minimum absolute atomic E-state index is 0.395. The molecule has 0 bridgehead atoms. The van der Waals surface area contributed by atoms with Crippen LogP contribution in [0, 0.1) is 0 Å². The van der Waals surface area contributed by atoms with Crippen molar-refractivity contribution in [3.63, 3.8) is 0 Å². The smallest absolute Gasteiger partial charge is 0.333 e. The van der Waals surface area contributed by atoms with Crippen molar-refractivity contribution < 1.29 is 19.4 Å². The number of cyclic esters (lactones) is 1. The highest BCUT2D eigenvalue weighted by molar-refractivity contribution is 5.86. The lowest BCUT2D eigenvalue weighted by Crippen LogP contribution is -2.43. The molecular weight excluding hydrogens is 320 g/mol. The van der Waals surface area contributed by atoms with Gasteiger partial charge in [-0.1, -0.05) is 71.1 Å². The predicted octanol–water partition coefficient (Wildman–Crippen LogP) is 3.48. The highest BCUT2D eigenvalue weighted by atomic mass is 16.6. The van der Waals surface area contributed by atoms with Crippen LogP contribution in [0.4, 0.5) is 4.79 Å². The zero-order valence-electron chi connectivity index (χ0n) is 15.7. The summed E-state index contributed by atoms with van der Waals surface area (Å²) in [6.07, 6.45) is 12.9. The maximum Gasteiger partial charge on any atom is 0.333 e. The molecule has 0 aliphatic carbocycles. The summed E-state index contributed by atoms with van der Waals surface area (Å²) in [5.74, 6) is -0.576. The Morgan fingerprint density at radius 2 is 1.68 bits per heavy atom. The van der Waals surface area contributed by atoms with E-state index in [0.717, 1.165) is 19.3 Å². The molecule has 0 saturated heterocycles. The molecule has 144 valence electrons. The van der Waals surface area contributed by atoms with Crippen LogP contribution in [0.5, 0.6) is 0 Å². The number of aliphatic hydroxyl groups excluding tert-OH is 1. The van der Waals surface area contributed by atoms with E-state index in [0.29, 0.717) is 12.0 Å². The number of amides is 2. The van der Waals surface area contributed by atoms with Crippen LogP contribution in [-0.2, 0) is 9.53 Å². The Morgan fingerprint density at radius 3 is 2.12 bits per heavy atom. The number of esters is 1. The molecular formula is C19H34N2O4. The van der Waals surface area contributed by atoms with Gasteiger partial charge in [-0.05, 0) is 6.42 Å². The first-order valence-electron chi connectivity index (χ1n) is 9.59. The van der Waals surface area contributed by atoms with Crippen molar-refractivity contribution in [2.24, 2.45) is 5.73 Å². The molecule has 0 saturated carbocycles. The predicted molar refractivity (Wildman–Crippen MR) is 97.8 cm³/mol. The first-order chi connectivity index (χ1) is 12.0. The Labute approximate surface area is 151 Å². The van der Waals surface area contributed by atoms with E-state index in [1.807, 2.05) is 0 Å². The summed E-state index contributed by atoms with van der Waals surface area (Å²) in [4.78, 5) is 24.2. The van der Waals surface area contributed by atoms with Gasteiger partial charge in [0.1, 0.15) is 0 Å². The second-order valence-electron chi connectivity index (χ2n) is 6.87. The van der Waals surface area contributed by atoms with Crippen LogP contribution in [0.1, 0.15) is 77.6 Å². The number of hydrogen-bond donors (Lipinski definition) is 2. The van der Waals surface area contributed by atoms with Crippen molar-refractivity contribution in [3.8, 4) is 0 Å². The molecule has 0 fully saturated rings. The monoisotopic (exact) mass is 354 g/mol. The van der Waals surface area contributed by atoms with Crippen molar-refractivity contribution in [1.82, 2.24) is 4.90 Å². The van der Waals surface area contributed by atoms with Gasteiger partial charge >= 0.3 is 12.0 Å².